The molecule has 1 aliphatic carbocycles. The molecule has 0 bridgehead atoms. The maximum Gasteiger partial charge on any atom is 0.123 e. The zero-order valence-electron chi connectivity index (χ0n) is 12.2. The summed E-state index contributed by atoms with van der Waals surface area (Å²) in [7, 11) is 0. The predicted octanol–water partition coefficient (Wildman–Crippen LogP) is 3.34. The van der Waals surface area contributed by atoms with Crippen molar-refractivity contribution in [3.8, 4) is 0 Å². The summed E-state index contributed by atoms with van der Waals surface area (Å²) in [4.78, 5) is 4.05. The van der Waals surface area contributed by atoms with Crippen LogP contribution in [0.1, 0.15) is 37.2 Å². The van der Waals surface area contributed by atoms with Gasteiger partial charge in [0.05, 0.1) is 6.33 Å². The Labute approximate surface area is 125 Å². The van der Waals surface area contributed by atoms with Crippen LogP contribution >= 0.6 is 0 Å². The van der Waals surface area contributed by atoms with Crippen molar-refractivity contribution in [2.24, 2.45) is 0 Å². The van der Waals surface area contributed by atoms with Crippen LogP contribution in [-0.4, -0.2) is 22.1 Å². The first-order valence-electron chi connectivity index (χ1n) is 7.77. The lowest BCUT2D eigenvalue weighted by Crippen LogP contribution is -2.32. The zero-order chi connectivity index (χ0) is 14.5. The van der Waals surface area contributed by atoms with Crippen molar-refractivity contribution in [1.29, 1.82) is 0 Å². The van der Waals surface area contributed by atoms with Crippen LogP contribution in [0.4, 0.5) is 4.39 Å². The molecule has 0 amide bonds. The molecule has 21 heavy (non-hydrogen) atoms. The van der Waals surface area contributed by atoms with Crippen molar-refractivity contribution in [1.82, 2.24) is 14.9 Å². The van der Waals surface area contributed by atoms with E-state index in [1.807, 2.05) is 30.9 Å². The van der Waals surface area contributed by atoms with Gasteiger partial charge in [0.2, 0.25) is 0 Å². The molecule has 1 aliphatic rings. The molecule has 0 spiro atoms. The first-order valence-corrected chi connectivity index (χ1v) is 7.77. The fraction of sp³-hybridized carbons (Fsp3) is 0.471. The van der Waals surface area contributed by atoms with Gasteiger partial charge >= 0.3 is 0 Å². The zero-order valence-corrected chi connectivity index (χ0v) is 12.2. The van der Waals surface area contributed by atoms with Gasteiger partial charge in [-0.1, -0.05) is 18.6 Å². The Morgan fingerprint density at radius 1 is 1.24 bits per heavy atom. The third-order valence-electron chi connectivity index (χ3n) is 4.37. The van der Waals surface area contributed by atoms with E-state index in [0.29, 0.717) is 12.0 Å². The molecular weight excluding hydrogens is 265 g/mol. The Hall–Kier alpha value is -1.68. The van der Waals surface area contributed by atoms with E-state index in [1.165, 1.54) is 24.8 Å². The monoisotopic (exact) mass is 287 g/mol. The van der Waals surface area contributed by atoms with E-state index in [4.69, 9.17) is 0 Å². The SMILES string of the molecule is Fc1ccc([C@H]2CCC[C@@H]2NCCCn2ccnc2)cc1. The van der Waals surface area contributed by atoms with Crippen molar-refractivity contribution in [2.75, 3.05) is 6.54 Å². The summed E-state index contributed by atoms with van der Waals surface area (Å²) in [5.74, 6) is 0.375. The van der Waals surface area contributed by atoms with Gasteiger partial charge in [0.25, 0.3) is 0 Å². The van der Waals surface area contributed by atoms with Gasteiger partial charge in [-0.05, 0) is 49.4 Å². The minimum atomic E-state index is -0.151. The number of aromatic nitrogens is 2. The van der Waals surface area contributed by atoms with Crippen LogP contribution in [0.25, 0.3) is 0 Å². The standard InChI is InChI=1S/C17H22FN3/c18-15-7-5-14(6-8-15)16-3-1-4-17(16)20-9-2-11-21-12-10-19-13-21/h5-8,10,12-13,16-17,20H,1-4,9,11H2/t16-,17+/m1/s1. The molecule has 2 atom stereocenters. The number of halogens is 1. The molecule has 3 rings (SSSR count). The second-order valence-corrected chi connectivity index (χ2v) is 5.80. The fourth-order valence-corrected chi connectivity index (χ4v) is 3.28. The Kier molecular flexibility index (Phi) is 4.65. The number of rotatable bonds is 6. The van der Waals surface area contributed by atoms with E-state index >= 15 is 0 Å². The van der Waals surface area contributed by atoms with E-state index in [9.17, 15) is 4.39 Å². The molecule has 1 saturated carbocycles. The molecule has 1 N–H and O–H groups in total. The second kappa shape index (κ2) is 6.85. The third-order valence-corrected chi connectivity index (χ3v) is 4.37. The molecule has 1 fully saturated rings. The number of nitrogens with one attached hydrogen (secondary N) is 1. The third kappa shape index (κ3) is 3.70. The largest absolute Gasteiger partial charge is 0.337 e. The molecule has 2 aromatic rings. The molecule has 0 unspecified atom stereocenters. The highest BCUT2D eigenvalue weighted by atomic mass is 19.1. The molecule has 4 heteroatoms. The maximum atomic E-state index is 13.0. The highest BCUT2D eigenvalue weighted by Gasteiger charge is 2.27. The summed E-state index contributed by atoms with van der Waals surface area (Å²) in [5.41, 5.74) is 1.26. The van der Waals surface area contributed by atoms with Gasteiger partial charge in [0.15, 0.2) is 0 Å². The summed E-state index contributed by atoms with van der Waals surface area (Å²) in [5, 5.41) is 3.68. The maximum absolute atomic E-state index is 13.0. The number of hydrogen-bond donors (Lipinski definition) is 1. The highest BCUT2D eigenvalue weighted by molar-refractivity contribution is 5.23. The Morgan fingerprint density at radius 2 is 2.10 bits per heavy atom. The average Bonchev–Trinajstić information content (AvgIpc) is 3.16. The predicted molar refractivity (Wildman–Crippen MR) is 81.6 cm³/mol. The van der Waals surface area contributed by atoms with E-state index in [-0.39, 0.29) is 5.82 Å². The molecule has 112 valence electrons. The van der Waals surface area contributed by atoms with Crippen molar-refractivity contribution in [2.45, 2.75) is 44.2 Å². The Morgan fingerprint density at radius 3 is 2.86 bits per heavy atom. The molecule has 0 saturated heterocycles. The number of nitrogens with zero attached hydrogens (tertiary/aromatic N) is 2. The first kappa shape index (κ1) is 14.3. The quantitative estimate of drug-likeness (QED) is 0.826. The van der Waals surface area contributed by atoms with Gasteiger partial charge < -0.3 is 9.88 Å². The minimum absolute atomic E-state index is 0.151. The van der Waals surface area contributed by atoms with E-state index < -0.39 is 0 Å². The van der Waals surface area contributed by atoms with Crippen molar-refractivity contribution < 1.29 is 4.39 Å². The fourth-order valence-electron chi connectivity index (χ4n) is 3.28. The van der Waals surface area contributed by atoms with Gasteiger partial charge in [0.1, 0.15) is 5.82 Å². The molecule has 1 aromatic carbocycles. The van der Waals surface area contributed by atoms with E-state index in [2.05, 4.69) is 14.9 Å². The number of imidazole rings is 1. The number of benzene rings is 1. The van der Waals surface area contributed by atoms with Crippen molar-refractivity contribution in [3.63, 3.8) is 0 Å². The molecule has 0 radical (unpaired) electrons. The summed E-state index contributed by atoms with van der Waals surface area (Å²) in [6, 6.07) is 7.54. The molecule has 3 nitrogen and oxygen atoms in total. The van der Waals surface area contributed by atoms with Crippen LogP contribution in [-0.2, 0) is 6.54 Å². The summed E-state index contributed by atoms with van der Waals surface area (Å²) in [6.07, 6.45) is 10.4. The van der Waals surface area contributed by atoms with Gasteiger partial charge in [-0.15, -0.1) is 0 Å². The lowest BCUT2D eigenvalue weighted by atomic mass is 9.94. The average molecular weight is 287 g/mol. The van der Waals surface area contributed by atoms with Crippen molar-refractivity contribution >= 4 is 0 Å². The normalized spacial score (nSPS) is 21.8. The van der Waals surface area contributed by atoms with Crippen LogP contribution in [0.2, 0.25) is 0 Å². The molecule has 1 heterocycles. The number of hydrogen-bond acceptors (Lipinski definition) is 2. The second-order valence-electron chi connectivity index (χ2n) is 5.80. The van der Waals surface area contributed by atoms with E-state index in [1.54, 1.807) is 12.1 Å². The van der Waals surface area contributed by atoms with E-state index in [0.717, 1.165) is 19.5 Å². The lowest BCUT2D eigenvalue weighted by Gasteiger charge is -2.21. The minimum Gasteiger partial charge on any atom is -0.337 e. The van der Waals surface area contributed by atoms with Crippen LogP contribution in [0.3, 0.4) is 0 Å². The first-order chi connectivity index (χ1) is 10.3. The molecular formula is C17H22FN3. The van der Waals surface area contributed by atoms with Gasteiger partial charge in [-0.3, -0.25) is 0 Å². The Bertz CT molecular complexity index is 536. The molecule has 1 aromatic heterocycles. The van der Waals surface area contributed by atoms with Gasteiger partial charge in [-0.2, -0.15) is 0 Å². The van der Waals surface area contributed by atoms with Gasteiger partial charge in [-0.25, -0.2) is 9.37 Å². The van der Waals surface area contributed by atoms with Crippen LogP contribution < -0.4 is 5.32 Å². The van der Waals surface area contributed by atoms with Crippen LogP contribution in [0, 0.1) is 5.82 Å². The summed E-state index contributed by atoms with van der Waals surface area (Å²) >= 11 is 0. The van der Waals surface area contributed by atoms with Crippen LogP contribution in [0.15, 0.2) is 43.0 Å². The van der Waals surface area contributed by atoms with Crippen molar-refractivity contribution in [3.05, 3.63) is 54.4 Å². The van der Waals surface area contributed by atoms with Gasteiger partial charge in [0, 0.05) is 25.0 Å². The summed E-state index contributed by atoms with van der Waals surface area (Å²) in [6.45, 7) is 2.02. The Balaban J connectivity index is 1.49. The summed E-state index contributed by atoms with van der Waals surface area (Å²) < 4.78 is 15.1. The smallest absolute Gasteiger partial charge is 0.123 e. The highest BCUT2D eigenvalue weighted by Crippen LogP contribution is 2.34. The molecule has 0 aliphatic heterocycles. The lowest BCUT2D eigenvalue weighted by molar-refractivity contribution is 0.460. The number of aryl methyl sites for hydroxylation is 1. The van der Waals surface area contributed by atoms with Crippen LogP contribution in [0.5, 0.6) is 0 Å². The topological polar surface area (TPSA) is 29.9 Å².